The van der Waals surface area contributed by atoms with Gasteiger partial charge in [-0.3, -0.25) is 19.5 Å². The summed E-state index contributed by atoms with van der Waals surface area (Å²) in [6.45, 7) is 1.93. The molecule has 2 aromatic heterocycles. The molecule has 1 aliphatic heterocycles. The van der Waals surface area contributed by atoms with Crippen LogP contribution in [0.3, 0.4) is 0 Å². The second-order valence-electron chi connectivity index (χ2n) is 7.43. The molecular weight excluding hydrogens is 446 g/mol. The number of nitrogens with zero attached hydrogens (tertiary/aromatic N) is 3. The molecule has 1 fully saturated rings. The number of aliphatic hydroxyl groups excluding tert-OH is 1. The minimum atomic E-state index is -0.820. The third-order valence-electron chi connectivity index (χ3n) is 5.30. The lowest BCUT2D eigenvalue weighted by Gasteiger charge is -2.23. The lowest BCUT2D eigenvalue weighted by Crippen LogP contribution is -2.29. The van der Waals surface area contributed by atoms with E-state index in [9.17, 15) is 14.7 Å². The summed E-state index contributed by atoms with van der Waals surface area (Å²) < 4.78 is 0.798. The highest BCUT2D eigenvalue weighted by Gasteiger charge is 2.48. The number of fused-ring (bicyclic) bond motifs is 1. The van der Waals surface area contributed by atoms with Crippen molar-refractivity contribution in [3.63, 3.8) is 0 Å². The standard InChI is InChI=1S/C24H16ClN3O3S/c1-13-3-2-4-15(11-13)20-19(21(29)14-7-9-26-10-8-14)22(30)23(31)28(20)24-27-17-6-5-16(25)12-18(17)32-24/h2-12,20,29H,1H3/b21-19+. The Kier molecular flexibility index (Phi) is 5.00. The van der Waals surface area contributed by atoms with E-state index in [4.69, 9.17) is 11.6 Å². The first-order chi connectivity index (χ1) is 15.4. The number of carbonyl (C=O) groups is 2. The number of rotatable bonds is 3. The lowest BCUT2D eigenvalue weighted by atomic mass is 9.95. The predicted octanol–water partition coefficient (Wildman–Crippen LogP) is 5.28. The van der Waals surface area contributed by atoms with Crippen LogP contribution in [-0.4, -0.2) is 26.8 Å². The van der Waals surface area contributed by atoms with E-state index in [0.717, 1.165) is 10.3 Å². The van der Waals surface area contributed by atoms with Gasteiger partial charge in [0.15, 0.2) is 5.13 Å². The van der Waals surface area contributed by atoms with E-state index < -0.39 is 17.7 Å². The topological polar surface area (TPSA) is 83.4 Å². The molecule has 1 atom stereocenters. The maximum Gasteiger partial charge on any atom is 0.301 e. The first-order valence-corrected chi connectivity index (χ1v) is 11.0. The Bertz CT molecular complexity index is 1410. The Morgan fingerprint density at radius 1 is 1.09 bits per heavy atom. The van der Waals surface area contributed by atoms with E-state index in [2.05, 4.69) is 9.97 Å². The van der Waals surface area contributed by atoms with Crippen LogP contribution in [0.1, 0.15) is 22.7 Å². The number of ketones is 1. The highest BCUT2D eigenvalue weighted by molar-refractivity contribution is 7.22. The minimum Gasteiger partial charge on any atom is -0.507 e. The number of hydrogen-bond donors (Lipinski definition) is 1. The van der Waals surface area contributed by atoms with Gasteiger partial charge in [0, 0.05) is 23.0 Å². The molecule has 0 saturated carbocycles. The highest BCUT2D eigenvalue weighted by atomic mass is 35.5. The fraction of sp³-hybridized carbons (Fsp3) is 0.0833. The van der Waals surface area contributed by atoms with Crippen molar-refractivity contribution in [3.8, 4) is 0 Å². The number of halogens is 1. The van der Waals surface area contributed by atoms with E-state index in [1.807, 2.05) is 31.2 Å². The Labute approximate surface area is 192 Å². The number of pyridine rings is 1. The fourth-order valence-electron chi connectivity index (χ4n) is 3.84. The number of aromatic nitrogens is 2. The van der Waals surface area contributed by atoms with Crippen molar-refractivity contribution in [1.29, 1.82) is 0 Å². The predicted molar refractivity (Wildman–Crippen MR) is 125 cm³/mol. The number of aliphatic hydroxyl groups is 1. The van der Waals surface area contributed by atoms with Crippen LogP contribution in [0.5, 0.6) is 0 Å². The van der Waals surface area contributed by atoms with Crippen LogP contribution in [0.4, 0.5) is 5.13 Å². The monoisotopic (exact) mass is 461 g/mol. The number of benzene rings is 2. The highest BCUT2D eigenvalue weighted by Crippen LogP contribution is 2.44. The van der Waals surface area contributed by atoms with Gasteiger partial charge in [-0.2, -0.15) is 0 Å². The van der Waals surface area contributed by atoms with Gasteiger partial charge in [0.25, 0.3) is 5.78 Å². The van der Waals surface area contributed by atoms with Crippen LogP contribution in [-0.2, 0) is 9.59 Å². The van der Waals surface area contributed by atoms with Crippen molar-refractivity contribution in [3.05, 3.63) is 94.3 Å². The molecular formula is C24H16ClN3O3S. The van der Waals surface area contributed by atoms with Crippen LogP contribution in [0, 0.1) is 6.92 Å². The molecule has 0 aliphatic carbocycles. The van der Waals surface area contributed by atoms with Gasteiger partial charge in [-0.05, 0) is 42.8 Å². The Balaban J connectivity index is 1.75. The van der Waals surface area contributed by atoms with E-state index in [1.54, 1.807) is 30.3 Å². The molecule has 1 aliphatic rings. The van der Waals surface area contributed by atoms with Crippen LogP contribution in [0.2, 0.25) is 5.02 Å². The Hall–Kier alpha value is -3.55. The Morgan fingerprint density at radius 3 is 2.62 bits per heavy atom. The number of anilines is 1. The average molecular weight is 462 g/mol. The summed E-state index contributed by atoms with van der Waals surface area (Å²) in [5, 5.41) is 12.0. The molecule has 32 heavy (non-hydrogen) atoms. The molecule has 8 heteroatoms. The Morgan fingerprint density at radius 2 is 1.88 bits per heavy atom. The van der Waals surface area contributed by atoms with Gasteiger partial charge in [-0.25, -0.2) is 4.98 Å². The minimum absolute atomic E-state index is 0.0177. The second kappa shape index (κ2) is 7.85. The fourth-order valence-corrected chi connectivity index (χ4v) is 5.11. The van der Waals surface area contributed by atoms with Crippen molar-refractivity contribution in [2.75, 3.05) is 4.90 Å². The number of amides is 1. The molecule has 1 amide bonds. The normalized spacial score (nSPS) is 17.9. The summed E-state index contributed by atoms with van der Waals surface area (Å²) >= 11 is 7.38. The van der Waals surface area contributed by atoms with Gasteiger partial charge in [-0.15, -0.1) is 0 Å². The zero-order valence-electron chi connectivity index (χ0n) is 16.8. The first kappa shape index (κ1) is 20.4. The number of hydrogen-bond acceptors (Lipinski definition) is 6. The number of thiazole rings is 1. The maximum absolute atomic E-state index is 13.2. The number of carbonyl (C=O) groups excluding carboxylic acids is 2. The molecule has 0 spiro atoms. The zero-order chi connectivity index (χ0) is 22.4. The molecule has 6 nitrogen and oxygen atoms in total. The van der Waals surface area contributed by atoms with Crippen molar-refractivity contribution < 1.29 is 14.7 Å². The van der Waals surface area contributed by atoms with Crippen molar-refractivity contribution >= 4 is 55.7 Å². The molecule has 2 aromatic carbocycles. The summed E-state index contributed by atoms with van der Waals surface area (Å²) in [7, 11) is 0. The van der Waals surface area contributed by atoms with E-state index in [-0.39, 0.29) is 11.3 Å². The molecule has 0 bridgehead atoms. The molecule has 4 aromatic rings. The van der Waals surface area contributed by atoms with Gasteiger partial charge in [0.1, 0.15) is 5.76 Å². The summed E-state index contributed by atoms with van der Waals surface area (Å²) in [5.74, 6) is -1.75. The van der Waals surface area contributed by atoms with Crippen LogP contribution in [0.15, 0.2) is 72.6 Å². The summed E-state index contributed by atoms with van der Waals surface area (Å²) in [6, 6.07) is 15.1. The van der Waals surface area contributed by atoms with Crippen molar-refractivity contribution in [2.45, 2.75) is 13.0 Å². The molecule has 5 rings (SSSR count). The molecule has 1 unspecified atom stereocenters. The number of Topliss-reactive ketones (excluding diaryl/α,β-unsaturated/α-hetero) is 1. The molecule has 1 N–H and O–H groups in total. The molecule has 158 valence electrons. The van der Waals surface area contributed by atoms with Gasteiger partial charge in [0.05, 0.1) is 21.8 Å². The molecule has 3 heterocycles. The van der Waals surface area contributed by atoms with Crippen LogP contribution >= 0.6 is 22.9 Å². The average Bonchev–Trinajstić information content (AvgIpc) is 3.32. The van der Waals surface area contributed by atoms with Gasteiger partial charge in [0.2, 0.25) is 0 Å². The van der Waals surface area contributed by atoms with E-state index in [0.29, 0.717) is 26.8 Å². The molecule has 0 radical (unpaired) electrons. The van der Waals surface area contributed by atoms with Gasteiger partial charge >= 0.3 is 5.91 Å². The smallest absolute Gasteiger partial charge is 0.301 e. The lowest BCUT2D eigenvalue weighted by molar-refractivity contribution is -0.132. The molecule has 1 saturated heterocycles. The summed E-state index contributed by atoms with van der Waals surface area (Å²) in [4.78, 5) is 36.3. The van der Waals surface area contributed by atoms with Gasteiger partial charge in [-0.1, -0.05) is 52.8 Å². The quantitative estimate of drug-likeness (QED) is 0.255. The van der Waals surface area contributed by atoms with Crippen molar-refractivity contribution in [1.82, 2.24) is 9.97 Å². The van der Waals surface area contributed by atoms with Gasteiger partial charge < -0.3 is 5.11 Å². The first-order valence-electron chi connectivity index (χ1n) is 9.78. The van der Waals surface area contributed by atoms with Crippen molar-refractivity contribution in [2.24, 2.45) is 0 Å². The third kappa shape index (κ3) is 3.36. The maximum atomic E-state index is 13.2. The summed E-state index contributed by atoms with van der Waals surface area (Å²) in [6.07, 6.45) is 3.04. The summed E-state index contributed by atoms with van der Waals surface area (Å²) in [5.41, 5.74) is 2.77. The van der Waals surface area contributed by atoms with Crippen LogP contribution in [0.25, 0.3) is 16.0 Å². The SMILES string of the molecule is Cc1cccc(C2/C(=C(\O)c3ccncc3)C(=O)C(=O)N2c2nc3ccc(Cl)cc3s2)c1. The number of aryl methyl sites for hydroxylation is 1. The van der Waals surface area contributed by atoms with E-state index in [1.165, 1.54) is 28.6 Å². The van der Waals surface area contributed by atoms with Crippen LogP contribution < -0.4 is 4.90 Å². The largest absolute Gasteiger partial charge is 0.507 e. The third-order valence-corrected chi connectivity index (χ3v) is 6.55. The zero-order valence-corrected chi connectivity index (χ0v) is 18.4. The van der Waals surface area contributed by atoms with E-state index >= 15 is 0 Å². The second-order valence-corrected chi connectivity index (χ2v) is 8.87.